The molecule has 9 aromatic carbocycles. The number of thioether (sulfide) groups is 1. The van der Waals surface area contributed by atoms with Crippen molar-refractivity contribution in [2.75, 3.05) is 170 Å². The maximum Gasteiger partial charge on any atom is 0.224 e. The molecule has 3 fully saturated rings. The van der Waals surface area contributed by atoms with E-state index in [2.05, 4.69) is 317 Å². The van der Waals surface area contributed by atoms with E-state index >= 15 is 0 Å². The lowest BCUT2D eigenvalue weighted by Gasteiger charge is -2.35. The molecule has 0 saturated carbocycles. The van der Waals surface area contributed by atoms with Crippen molar-refractivity contribution in [2.24, 2.45) is 0 Å². The second-order valence-electron chi connectivity index (χ2n) is 37.8. The summed E-state index contributed by atoms with van der Waals surface area (Å²) in [6.45, 7) is 23.3. The van der Waals surface area contributed by atoms with Crippen LogP contribution in [0, 0.1) is 0 Å². The molecule has 0 bridgehead atoms. The summed E-state index contributed by atoms with van der Waals surface area (Å²) in [6.07, 6.45) is 37.4. The third-order valence-corrected chi connectivity index (χ3v) is 28.6. The molecule has 0 atom stereocenters. The van der Waals surface area contributed by atoms with Crippen LogP contribution in [0.1, 0.15) is 272 Å². The zero-order valence-electron chi connectivity index (χ0n) is 83.6. The van der Waals surface area contributed by atoms with Gasteiger partial charge in [-0.3, -0.25) is 33.9 Å². The zero-order chi connectivity index (χ0) is 96.4. The van der Waals surface area contributed by atoms with Gasteiger partial charge in [0.15, 0.2) is 5.12 Å². The normalized spacial score (nSPS) is 14.1. The van der Waals surface area contributed by atoms with Crippen molar-refractivity contribution < 1.29 is 37.7 Å². The van der Waals surface area contributed by atoms with Gasteiger partial charge >= 0.3 is 0 Å². The van der Waals surface area contributed by atoms with E-state index in [4.69, 9.17) is 14.2 Å². The average Bonchev–Trinajstić information content (AvgIpc) is 0.853. The first-order chi connectivity index (χ1) is 68.0. The topological polar surface area (TPSA) is 152 Å². The number of amides is 3. The molecular weight excluding hydrogens is 1810 g/mol. The van der Waals surface area contributed by atoms with Gasteiger partial charge in [0.1, 0.15) is 18.3 Å². The number of ether oxygens (including phenoxy) is 3. The molecule has 0 aliphatic carbocycles. The van der Waals surface area contributed by atoms with E-state index in [1.165, 1.54) is 171 Å². The Kier molecular flexibility index (Phi) is 57.2. The monoisotopic (exact) mass is 1980 g/mol. The summed E-state index contributed by atoms with van der Waals surface area (Å²) in [5.74, 6) is 2.34. The third kappa shape index (κ3) is 47.6. The van der Waals surface area contributed by atoms with E-state index in [1.54, 1.807) is 6.92 Å². The van der Waals surface area contributed by atoms with E-state index in [0.29, 0.717) is 19.3 Å². The number of benzene rings is 9. The predicted molar refractivity (Wildman–Crippen MR) is 593 cm³/mol. The molecular formula is C119H172BrN9O7S2. The highest BCUT2D eigenvalue weighted by Gasteiger charge is 2.24. The van der Waals surface area contributed by atoms with Gasteiger partial charge in [-0.2, -0.15) is 12.6 Å². The minimum Gasteiger partial charge on any atom is -0.367 e. The Morgan fingerprint density at radius 3 is 0.739 bits per heavy atom. The molecule has 3 saturated heterocycles. The minimum atomic E-state index is -0.0317. The van der Waals surface area contributed by atoms with Crippen LogP contribution in [0.2, 0.25) is 0 Å². The Morgan fingerprint density at radius 2 is 0.507 bits per heavy atom. The van der Waals surface area contributed by atoms with E-state index < -0.39 is 0 Å². The SMILES string of the molecule is CC(=O)SCCCCCCCCCCC(=O)Nc1ccc(CCCN2CCN(CCOC(c3ccccc3)c3ccccc3)CC2)cc1.O=C(CCCCCCCCCCBr)Nc1ccc(CCCN2CCN(CCOC(c3ccccc3)c3ccccc3)CC2)cc1.O=C(CCCCCCCCCCS)Nc1ccc(CCCN2CCN(CCOC(c3ccccc3)c3ccccc3)CC2)cc1.[HH].[HH].[HH]. The fourth-order valence-electron chi connectivity index (χ4n) is 18.5. The summed E-state index contributed by atoms with van der Waals surface area (Å²) in [5.41, 5.74) is 13.9. The highest BCUT2D eigenvalue weighted by Crippen LogP contribution is 2.31. The Bertz CT molecular complexity index is 4310. The van der Waals surface area contributed by atoms with Crippen LogP contribution in [0.4, 0.5) is 17.1 Å². The van der Waals surface area contributed by atoms with Gasteiger partial charge in [0.05, 0.1) is 19.8 Å². The maximum atomic E-state index is 12.4. The Balaban J connectivity index is 0.000000285. The predicted octanol–water partition coefficient (Wildman–Crippen LogP) is 26.8. The number of unbranched alkanes of at least 4 members (excludes halogenated alkanes) is 21. The standard InChI is InChI=1S/C41H57N3O3S.C39H54BrN3O2.C39H55N3O2S.3H2/c1-35(45)48-34-15-7-5-3-2-4-6-14-22-40(46)42-39-25-23-36(24-26-39)17-16-27-43-28-30-44(31-29-43)32-33-47-41(37-18-10-8-11-19-37)38-20-12-9-13-21-38;40-26-14-6-4-2-1-3-5-13-21-38(44)41-37-24-22-34(23-25-37)16-15-27-42-28-30-43(31-29-42)32-33-45-39(35-17-9-7-10-18-35)36-19-11-8-12-20-36;43-38(21-13-5-3-1-2-4-6-14-33-45)40-37-24-22-34(23-25-37)16-15-26-41-27-29-42(30-28-41)31-32-44-39(35-17-9-7-10-18-35)36-19-11-8-12-20-36;;;/h8-13,18-21,23-26,41H,2-7,14-17,22,27-34H2,1H3,(H,42,46);7-12,17-20,22-25,39H,1-6,13-16,21,26-33H2,(H,41,44);7-12,17-20,22-25,39,45H,1-6,13-16,21,26-33H2,(H,40,43);3*1H. The fraction of sp³-hybridized carbons (Fsp3) is 0.513. The van der Waals surface area contributed by atoms with Crippen LogP contribution < -0.4 is 16.0 Å². The molecule has 19 heteroatoms. The lowest BCUT2D eigenvalue weighted by Crippen LogP contribution is -2.47. The second kappa shape index (κ2) is 70.5. The number of halogens is 1. The first-order valence-electron chi connectivity index (χ1n) is 52.9. The molecule has 754 valence electrons. The smallest absolute Gasteiger partial charge is 0.224 e. The first kappa shape index (κ1) is 112. The van der Waals surface area contributed by atoms with Crippen molar-refractivity contribution in [1.82, 2.24) is 29.4 Å². The first-order valence-corrected chi connectivity index (χ1v) is 55.7. The van der Waals surface area contributed by atoms with Crippen LogP contribution in [0.3, 0.4) is 0 Å². The van der Waals surface area contributed by atoms with Crippen LogP contribution in [0.15, 0.2) is 255 Å². The van der Waals surface area contributed by atoms with Gasteiger partial charge in [0, 0.05) is 157 Å². The van der Waals surface area contributed by atoms with Crippen molar-refractivity contribution >= 4 is 80.2 Å². The van der Waals surface area contributed by atoms with Gasteiger partial charge in [-0.1, -0.05) is 362 Å². The van der Waals surface area contributed by atoms with E-state index in [0.717, 1.165) is 255 Å². The highest BCUT2D eigenvalue weighted by molar-refractivity contribution is 9.09. The number of thiol groups is 1. The number of hydrogen-bond donors (Lipinski definition) is 4. The molecule has 9 aromatic rings. The Hall–Kier alpha value is -8.12. The summed E-state index contributed by atoms with van der Waals surface area (Å²) >= 11 is 9.19. The molecule has 12 rings (SSSR count). The Labute approximate surface area is 853 Å². The summed E-state index contributed by atoms with van der Waals surface area (Å²) in [4.78, 5) is 63.4. The van der Waals surface area contributed by atoms with Crippen molar-refractivity contribution in [3.8, 4) is 0 Å². The van der Waals surface area contributed by atoms with Crippen molar-refractivity contribution in [2.45, 2.75) is 237 Å². The number of carbonyl (C=O) groups is 4. The van der Waals surface area contributed by atoms with E-state index in [-0.39, 0.29) is 45.4 Å². The van der Waals surface area contributed by atoms with Gasteiger partial charge in [-0.25, -0.2) is 0 Å². The number of carbonyl (C=O) groups excluding carboxylic acids is 4. The fourth-order valence-corrected chi connectivity index (χ4v) is 19.8. The average molecular weight is 1980 g/mol. The molecule has 3 heterocycles. The molecule has 3 aliphatic heterocycles. The molecule has 3 N–H and O–H groups in total. The lowest BCUT2D eigenvalue weighted by molar-refractivity contribution is -0.117. The molecule has 0 radical (unpaired) electrons. The van der Waals surface area contributed by atoms with Crippen LogP contribution in [-0.4, -0.2) is 207 Å². The molecule has 0 aromatic heterocycles. The number of piperazine rings is 3. The molecule has 3 aliphatic rings. The maximum absolute atomic E-state index is 12.4. The number of anilines is 3. The summed E-state index contributed by atoms with van der Waals surface area (Å²) in [5, 5.41) is 10.6. The second-order valence-corrected chi connectivity index (χ2v) is 40.3. The van der Waals surface area contributed by atoms with E-state index in [1.807, 2.05) is 12.1 Å². The lowest BCUT2D eigenvalue weighted by atomic mass is 10.0. The molecule has 0 spiro atoms. The van der Waals surface area contributed by atoms with Gasteiger partial charge < -0.3 is 44.9 Å². The van der Waals surface area contributed by atoms with Gasteiger partial charge in [-0.15, -0.1) is 0 Å². The quantitative estimate of drug-likeness (QED) is 0.0163. The summed E-state index contributed by atoms with van der Waals surface area (Å²) in [6, 6.07) is 88.5. The number of alkyl halides is 1. The van der Waals surface area contributed by atoms with E-state index in [9.17, 15) is 19.2 Å². The van der Waals surface area contributed by atoms with Gasteiger partial charge in [0.2, 0.25) is 17.7 Å². The largest absolute Gasteiger partial charge is 0.367 e. The zero-order valence-corrected chi connectivity index (χ0v) is 86.9. The Morgan fingerprint density at radius 1 is 0.290 bits per heavy atom. The molecule has 3 amide bonds. The number of hydrogen-bond acceptors (Lipinski definition) is 15. The number of rotatable bonds is 64. The summed E-state index contributed by atoms with van der Waals surface area (Å²) in [7, 11) is 0. The minimum absolute atomic E-state index is 0. The van der Waals surface area contributed by atoms with Crippen molar-refractivity contribution in [1.29, 1.82) is 0 Å². The van der Waals surface area contributed by atoms with Crippen molar-refractivity contribution in [3.63, 3.8) is 0 Å². The van der Waals surface area contributed by atoms with Crippen LogP contribution in [0.25, 0.3) is 0 Å². The number of nitrogens with one attached hydrogen (secondary N) is 3. The van der Waals surface area contributed by atoms with Crippen molar-refractivity contribution in [3.05, 3.63) is 305 Å². The molecule has 138 heavy (non-hydrogen) atoms. The highest BCUT2D eigenvalue weighted by atomic mass is 79.9. The van der Waals surface area contributed by atoms with Gasteiger partial charge in [0.25, 0.3) is 0 Å². The molecule has 0 unspecified atom stereocenters. The van der Waals surface area contributed by atoms with Crippen LogP contribution >= 0.6 is 40.3 Å². The third-order valence-electron chi connectivity index (χ3n) is 26.8. The summed E-state index contributed by atoms with van der Waals surface area (Å²) < 4.78 is 19.4. The van der Waals surface area contributed by atoms with Crippen LogP contribution in [-0.2, 0) is 52.7 Å². The van der Waals surface area contributed by atoms with Crippen LogP contribution in [0.5, 0.6) is 0 Å². The number of aryl methyl sites for hydroxylation is 3. The van der Waals surface area contributed by atoms with Gasteiger partial charge in [-0.05, 0) is 189 Å². The molecule has 16 nitrogen and oxygen atoms in total. The number of nitrogens with zero attached hydrogens (tertiary/aromatic N) is 6.